The Morgan fingerprint density at radius 3 is 2.59 bits per heavy atom. The van der Waals surface area contributed by atoms with E-state index in [9.17, 15) is 9.59 Å². The van der Waals surface area contributed by atoms with E-state index in [2.05, 4.69) is 13.8 Å². The van der Waals surface area contributed by atoms with Gasteiger partial charge in [0.1, 0.15) is 11.2 Å². The van der Waals surface area contributed by atoms with E-state index < -0.39 is 11.3 Å². The second-order valence-corrected chi connectivity index (χ2v) is 5.34. The Bertz CT molecular complexity index is 288. The Morgan fingerprint density at radius 1 is 1.47 bits per heavy atom. The van der Waals surface area contributed by atoms with Crippen LogP contribution < -0.4 is 5.73 Å². The Balaban J connectivity index is 2.72. The van der Waals surface area contributed by atoms with Gasteiger partial charge in [-0.05, 0) is 25.2 Å². The molecule has 0 radical (unpaired) electrons. The highest BCUT2D eigenvalue weighted by atomic mass is 16.2. The first kappa shape index (κ1) is 14.2. The molecule has 1 aliphatic rings. The Labute approximate surface area is 104 Å². The van der Waals surface area contributed by atoms with Gasteiger partial charge >= 0.3 is 0 Å². The molecule has 1 amide bonds. The number of amides is 1. The first-order chi connectivity index (χ1) is 8.06. The first-order valence-electron chi connectivity index (χ1n) is 6.90. The largest absolute Gasteiger partial charge is 0.369 e. The van der Waals surface area contributed by atoms with E-state index in [1.54, 1.807) is 0 Å². The molecular formula is C14H25NO2. The lowest BCUT2D eigenvalue weighted by Gasteiger charge is -2.28. The Morgan fingerprint density at radius 2 is 2.18 bits per heavy atom. The van der Waals surface area contributed by atoms with Crippen molar-refractivity contribution >= 4 is 11.7 Å². The summed E-state index contributed by atoms with van der Waals surface area (Å²) in [6.07, 6.45) is 7.17. The summed E-state index contributed by atoms with van der Waals surface area (Å²) in [6, 6.07) is 0. The Kier molecular flexibility index (Phi) is 5.16. The van der Waals surface area contributed by atoms with Gasteiger partial charge in [0, 0.05) is 6.42 Å². The van der Waals surface area contributed by atoms with Gasteiger partial charge in [0.05, 0.1) is 0 Å². The molecule has 1 aliphatic carbocycles. The van der Waals surface area contributed by atoms with Crippen LogP contribution in [0.1, 0.15) is 65.2 Å². The molecule has 1 rings (SSSR count). The van der Waals surface area contributed by atoms with Crippen LogP contribution in [0.2, 0.25) is 0 Å². The molecule has 2 N–H and O–H groups in total. The van der Waals surface area contributed by atoms with Crippen LogP contribution in [0.25, 0.3) is 0 Å². The number of hydrogen-bond acceptors (Lipinski definition) is 2. The van der Waals surface area contributed by atoms with Crippen LogP contribution in [0.15, 0.2) is 0 Å². The van der Waals surface area contributed by atoms with Crippen LogP contribution in [0.3, 0.4) is 0 Å². The fraction of sp³-hybridized carbons (Fsp3) is 0.857. The van der Waals surface area contributed by atoms with Gasteiger partial charge in [-0.15, -0.1) is 0 Å². The lowest BCUT2D eigenvalue weighted by molar-refractivity contribution is -0.139. The third-order valence-corrected chi connectivity index (χ3v) is 4.19. The molecule has 98 valence electrons. The maximum atomic E-state index is 12.0. The highest BCUT2D eigenvalue weighted by Crippen LogP contribution is 2.41. The number of ketones is 1. The van der Waals surface area contributed by atoms with Crippen molar-refractivity contribution in [2.45, 2.75) is 65.2 Å². The second-order valence-electron chi connectivity index (χ2n) is 5.34. The first-order valence-corrected chi connectivity index (χ1v) is 6.90. The van der Waals surface area contributed by atoms with Crippen LogP contribution in [0, 0.1) is 11.3 Å². The van der Waals surface area contributed by atoms with Crippen LogP contribution in [0.4, 0.5) is 0 Å². The van der Waals surface area contributed by atoms with Crippen LogP contribution in [0.5, 0.6) is 0 Å². The summed E-state index contributed by atoms with van der Waals surface area (Å²) in [7, 11) is 0. The zero-order chi connectivity index (χ0) is 12.9. The minimum Gasteiger partial charge on any atom is -0.369 e. The maximum Gasteiger partial charge on any atom is 0.231 e. The number of hydrogen-bond donors (Lipinski definition) is 1. The number of carbonyl (C=O) groups excluding carboxylic acids is 2. The van der Waals surface area contributed by atoms with Crippen LogP contribution >= 0.6 is 0 Å². The van der Waals surface area contributed by atoms with Gasteiger partial charge in [-0.3, -0.25) is 9.59 Å². The van der Waals surface area contributed by atoms with Gasteiger partial charge in [-0.2, -0.15) is 0 Å². The number of unbranched alkanes of at least 4 members (excludes halogenated alkanes) is 1. The fourth-order valence-electron chi connectivity index (χ4n) is 2.94. The number of rotatable bonds is 7. The SMILES string of the molecule is CCCCC(CC)CC1(C(N)=O)CCCC1=O. The van der Waals surface area contributed by atoms with Gasteiger partial charge in [-0.25, -0.2) is 0 Å². The molecule has 17 heavy (non-hydrogen) atoms. The Hall–Kier alpha value is -0.860. The molecule has 1 fully saturated rings. The molecule has 3 heteroatoms. The summed E-state index contributed by atoms with van der Waals surface area (Å²) in [5.41, 5.74) is 4.67. The average molecular weight is 239 g/mol. The minimum absolute atomic E-state index is 0.0833. The molecule has 3 nitrogen and oxygen atoms in total. The van der Waals surface area contributed by atoms with Crippen LogP contribution in [-0.4, -0.2) is 11.7 Å². The molecule has 0 spiro atoms. The van der Waals surface area contributed by atoms with E-state index in [1.807, 2.05) is 0 Å². The molecule has 0 aliphatic heterocycles. The highest BCUT2D eigenvalue weighted by Gasteiger charge is 2.47. The standard InChI is InChI=1S/C14H25NO2/c1-3-5-7-11(4-2)10-14(13(15)17)9-6-8-12(14)16/h11H,3-10H2,1-2H3,(H2,15,17). The highest BCUT2D eigenvalue weighted by molar-refractivity contribution is 6.06. The fourth-order valence-corrected chi connectivity index (χ4v) is 2.94. The summed E-state index contributed by atoms with van der Waals surface area (Å²) in [6.45, 7) is 4.30. The predicted molar refractivity (Wildman–Crippen MR) is 68.4 cm³/mol. The van der Waals surface area contributed by atoms with Crippen molar-refractivity contribution in [3.63, 3.8) is 0 Å². The molecule has 0 aromatic rings. The normalized spacial score (nSPS) is 26.1. The van der Waals surface area contributed by atoms with E-state index in [1.165, 1.54) is 6.42 Å². The van der Waals surface area contributed by atoms with E-state index in [-0.39, 0.29) is 5.78 Å². The van der Waals surface area contributed by atoms with Crippen molar-refractivity contribution in [3.05, 3.63) is 0 Å². The van der Waals surface area contributed by atoms with Gasteiger partial charge in [0.2, 0.25) is 5.91 Å². The third-order valence-electron chi connectivity index (χ3n) is 4.19. The smallest absolute Gasteiger partial charge is 0.231 e. The second kappa shape index (κ2) is 6.18. The quantitative estimate of drug-likeness (QED) is 0.694. The summed E-state index contributed by atoms with van der Waals surface area (Å²) in [4.78, 5) is 23.6. The van der Waals surface area contributed by atoms with E-state index >= 15 is 0 Å². The number of nitrogens with two attached hydrogens (primary N) is 1. The minimum atomic E-state index is -0.825. The zero-order valence-electron chi connectivity index (χ0n) is 11.1. The lowest BCUT2D eigenvalue weighted by atomic mass is 9.74. The monoisotopic (exact) mass is 239 g/mol. The van der Waals surface area contributed by atoms with Gasteiger partial charge in [-0.1, -0.05) is 39.5 Å². The van der Waals surface area contributed by atoms with Gasteiger partial charge < -0.3 is 5.73 Å². The van der Waals surface area contributed by atoms with E-state index in [0.717, 1.165) is 25.7 Å². The third kappa shape index (κ3) is 3.08. The van der Waals surface area contributed by atoms with Crippen molar-refractivity contribution in [3.8, 4) is 0 Å². The number of Topliss-reactive ketones (excluding diaryl/α,β-unsaturated/α-hetero) is 1. The maximum absolute atomic E-state index is 12.0. The van der Waals surface area contributed by atoms with Crippen molar-refractivity contribution in [1.29, 1.82) is 0 Å². The molecule has 0 heterocycles. The molecular weight excluding hydrogens is 214 g/mol. The summed E-state index contributed by atoms with van der Waals surface area (Å²) in [5, 5.41) is 0. The van der Waals surface area contributed by atoms with Gasteiger partial charge in [0.15, 0.2) is 0 Å². The van der Waals surface area contributed by atoms with Crippen LogP contribution in [-0.2, 0) is 9.59 Å². The van der Waals surface area contributed by atoms with Crippen molar-refractivity contribution in [2.24, 2.45) is 17.1 Å². The van der Waals surface area contributed by atoms with E-state index in [0.29, 0.717) is 25.2 Å². The number of primary amides is 1. The lowest BCUT2D eigenvalue weighted by Crippen LogP contribution is -2.42. The summed E-state index contributed by atoms with van der Waals surface area (Å²) in [5.74, 6) is 0.152. The van der Waals surface area contributed by atoms with E-state index in [4.69, 9.17) is 5.73 Å². The molecule has 0 bridgehead atoms. The summed E-state index contributed by atoms with van der Waals surface area (Å²) < 4.78 is 0. The molecule has 0 aromatic carbocycles. The topological polar surface area (TPSA) is 60.2 Å². The molecule has 2 atom stereocenters. The predicted octanol–water partition coefficient (Wildman–Crippen LogP) is 2.82. The van der Waals surface area contributed by atoms with Crippen molar-refractivity contribution in [1.82, 2.24) is 0 Å². The average Bonchev–Trinajstić information content (AvgIpc) is 2.67. The van der Waals surface area contributed by atoms with Gasteiger partial charge in [0.25, 0.3) is 0 Å². The molecule has 0 saturated heterocycles. The molecule has 1 saturated carbocycles. The van der Waals surface area contributed by atoms with Crippen molar-refractivity contribution < 1.29 is 9.59 Å². The van der Waals surface area contributed by atoms with Crippen molar-refractivity contribution in [2.75, 3.05) is 0 Å². The molecule has 2 unspecified atom stereocenters. The summed E-state index contributed by atoms with van der Waals surface area (Å²) >= 11 is 0. The number of carbonyl (C=O) groups is 2. The molecule has 0 aromatic heterocycles. The zero-order valence-corrected chi connectivity index (χ0v) is 11.1.